The first-order valence-electron chi connectivity index (χ1n) is 11.0. The molecule has 2 heterocycles. The normalized spacial score (nSPS) is 15.5. The van der Waals surface area contributed by atoms with Crippen molar-refractivity contribution >= 4 is 17.9 Å². The van der Waals surface area contributed by atoms with Crippen LogP contribution in [0.5, 0.6) is 5.88 Å². The molecule has 8 heteroatoms. The van der Waals surface area contributed by atoms with Crippen LogP contribution in [0.3, 0.4) is 0 Å². The quantitative estimate of drug-likeness (QED) is 0.479. The maximum Gasteiger partial charge on any atom is 0.271 e. The molecule has 33 heavy (non-hydrogen) atoms. The van der Waals surface area contributed by atoms with Crippen LogP contribution < -0.4 is 5.56 Å². The van der Waals surface area contributed by atoms with E-state index in [0.29, 0.717) is 24.0 Å². The van der Waals surface area contributed by atoms with E-state index in [9.17, 15) is 30.0 Å². The van der Waals surface area contributed by atoms with Crippen molar-refractivity contribution in [1.29, 1.82) is 10.5 Å². The lowest BCUT2D eigenvalue weighted by atomic mass is 9.94. The second-order valence-corrected chi connectivity index (χ2v) is 7.83. The fourth-order valence-electron chi connectivity index (χ4n) is 3.61. The molecule has 2 amide bonds. The average molecular weight is 449 g/mol. The molecule has 0 saturated heterocycles. The summed E-state index contributed by atoms with van der Waals surface area (Å²) in [6.07, 6.45) is 7.38. The van der Waals surface area contributed by atoms with Gasteiger partial charge in [0.05, 0.1) is 0 Å². The summed E-state index contributed by atoms with van der Waals surface area (Å²) < 4.78 is 1.18. The molecule has 1 N–H and O–H groups in total. The lowest BCUT2D eigenvalue weighted by Gasteiger charge is -2.27. The molecule has 0 aliphatic carbocycles. The maximum absolute atomic E-state index is 12.9. The number of aromatic nitrogens is 1. The van der Waals surface area contributed by atoms with Gasteiger partial charge in [-0.15, -0.1) is 0 Å². The molecule has 1 aliphatic heterocycles. The number of carbonyl (C=O) groups is 2. The first-order chi connectivity index (χ1) is 15.7. The Hall–Kier alpha value is -3.91. The first-order valence-corrected chi connectivity index (χ1v) is 11.0. The number of nitrogens with zero attached hydrogens (tertiary/aromatic N) is 4. The molecule has 0 saturated carbocycles. The van der Waals surface area contributed by atoms with Gasteiger partial charge in [-0.1, -0.05) is 32.8 Å². The fraction of sp³-hybridized carbons (Fsp3) is 0.400. The van der Waals surface area contributed by atoms with Gasteiger partial charge in [0, 0.05) is 24.2 Å². The highest BCUT2D eigenvalue weighted by Gasteiger charge is 2.34. The third-order valence-electron chi connectivity index (χ3n) is 5.67. The summed E-state index contributed by atoms with van der Waals surface area (Å²) in [7, 11) is 0. The highest BCUT2D eigenvalue weighted by molar-refractivity contribution is 6.18. The summed E-state index contributed by atoms with van der Waals surface area (Å²) in [5.41, 5.74) is 0.451. The third kappa shape index (κ3) is 4.96. The van der Waals surface area contributed by atoms with Crippen molar-refractivity contribution in [3.8, 4) is 18.0 Å². The lowest BCUT2D eigenvalue weighted by Crippen LogP contribution is -2.43. The Morgan fingerprint density at radius 2 is 1.61 bits per heavy atom. The lowest BCUT2D eigenvalue weighted by molar-refractivity contribution is -0.140. The number of hydrogen-bond acceptors (Lipinski definition) is 6. The van der Waals surface area contributed by atoms with Gasteiger partial charge in [-0.2, -0.15) is 10.5 Å². The van der Waals surface area contributed by atoms with Crippen molar-refractivity contribution in [2.24, 2.45) is 0 Å². The van der Waals surface area contributed by atoms with Crippen molar-refractivity contribution in [3.05, 3.63) is 55.9 Å². The van der Waals surface area contributed by atoms with Gasteiger partial charge in [-0.3, -0.25) is 23.9 Å². The third-order valence-corrected chi connectivity index (χ3v) is 5.67. The smallest absolute Gasteiger partial charge is 0.271 e. The number of unbranched alkanes of at least 4 members (excludes halogenated alkanes) is 2. The number of amides is 2. The minimum absolute atomic E-state index is 0.0517. The van der Waals surface area contributed by atoms with Crippen molar-refractivity contribution in [2.45, 2.75) is 59.9 Å². The van der Waals surface area contributed by atoms with Crippen LogP contribution in [-0.2, 0) is 16.1 Å². The zero-order valence-corrected chi connectivity index (χ0v) is 19.4. The van der Waals surface area contributed by atoms with Crippen LogP contribution >= 0.6 is 0 Å². The number of nitriles is 2. The van der Waals surface area contributed by atoms with Crippen LogP contribution in [0.1, 0.15) is 63.1 Å². The number of carbonyl (C=O) groups excluding carboxylic acids is 2. The Labute approximate surface area is 193 Å². The Balaban J connectivity index is 2.58. The van der Waals surface area contributed by atoms with E-state index in [0.717, 1.165) is 17.7 Å². The number of aromatic hydroxyl groups is 1. The summed E-state index contributed by atoms with van der Waals surface area (Å²) in [6.45, 7) is 7.52. The van der Waals surface area contributed by atoms with E-state index in [1.165, 1.54) is 22.8 Å². The number of imide groups is 1. The summed E-state index contributed by atoms with van der Waals surface area (Å²) >= 11 is 0. The number of pyridine rings is 1. The van der Waals surface area contributed by atoms with Crippen LogP contribution in [0.25, 0.3) is 6.08 Å². The molecule has 172 valence electrons. The monoisotopic (exact) mass is 448 g/mol. The molecule has 0 fully saturated rings. The molecule has 1 aromatic heterocycles. The molecule has 0 aromatic carbocycles. The molecule has 0 spiro atoms. The van der Waals surface area contributed by atoms with Crippen molar-refractivity contribution in [2.75, 3.05) is 6.54 Å². The zero-order chi connectivity index (χ0) is 24.7. The van der Waals surface area contributed by atoms with Crippen LogP contribution in [0.15, 0.2) is 33.7 Å². The predicted octanol–water partition coefficient (Wildman–Crippen LogP) is 3.48. The van der Waals surface area contributed by atoms with Gasteiger partial charge in [-0.05, 0) is 50.0 Å². The molecule has 1 aliphatic rings. The van der Waals surface area contributed by atoms with Crippen molar-refractivity contribution in [3.63, 3.8) is 0 Å². The SMILES string of the molecule is CCCCN1C(=O)C(C#N)=C(C)/C(=C\C=C\c2c(C)c(C#N)c(=O)n(CCCC)c2O)C1=O. The standard InChI is InChI=1S/C25H28N4O4/c1-5-7-12-28-22(30)18(16(3)20(14-26)24(28)32)10-9-11-19-17(4)21(15-27)25(33)29(23(19)31)13-8-6-2/h9-11,30H,5-8,12-13H2,1-4H3/b10-9+,19-11+. The summed E-state index contributed by atoms with van der Waals surface area (Å²) in [5.74, 6) is -1.33. The maximum atomic E-state index is 12.9. The van der Waals surface area contributed by atoms with E-state index in [-0.39, 0.29) is 41.3 Å². The van der Waals surface area contributed by atoms with Gasteiger partial charge >= 0.3 is 0 Å². The number of rotatable bonds is 8. The molecule has 0 radical (unpaired) electrons. The molecule has 0 atom stereocenters. The largest absolute Gasteiger partial charge is 0.494 e. The molecule has 0 unspecified atom stereocenters. The van der Waals surface area contributed by atoms with Crippen molar-refractivity contribution < 1.29 is 14.7 Å². The Morgan fingerprint density at radius 3 is 2.18 bits per heavy atom. The van der Waals surface area contributed by atoms with Crippen LogP contribution in [0.4, 0.5) is 0 Å². The average Bonchev–Trinajstić information content (AvgIpc) is 2.78. The van der Waals surface area contributed by atoms with Crippen LogP contribution in [-0.4, -0.2) is 32.9 Å². The Kier molecular flexibility index (Phi) is 8.53. The number of allylic oxidation sites excluding steroid dienone is 2. The van der Waals surface area contributed by atoms with Gasteiger partial charge in [0.15, 0.2) is 0 Å². The van der Waals surface area contributed by atoms with Crippen LogP contribution in [0.2, 0.25) is 0 Å². The second-order valence-electron chi connectivity index (χ2n) is 7.83. The summed E-state index contributed by atoms with van der Waals surface area (Å²) in [6, 6.07) is 3.80. The molecule has 1 aromatic rings. The number of hydrogen-bond donors (Lipinski definition) is 1. The highest BCUT2D eigenvalue weighted by atomic mass is 16.3. The topological polar surface area (TPSA) is 127 Å². The van der Waals surface area contributed by atoms with E-state index in [1.807, 2.05) is 26.0 Å². The highest BCUT2D eigenvalue weighted by Crippen LogP contribution is 2.27. The van der Waals surface area contributed by atoms with Crippen LogP contribution in [0, 0.1) is 29.6 Å². The Morgan fingerprint density at radius 1 is 0.970 bits per heavy atom. The van der Waals surface area contributed by atoms with E-state index < -0.39 is 17.4 Å². The zero-order valence-electron chi connectivity index (χ0n) is 19.4. The van der Waals surface area contributed by atoms with Gasteiger partial charge in [0.2, 0.25) is 5.88 Å². The second kappa shape index (κ2) is 11.1. The van der Waals surface area contributed by atoms with E-state index >= 15 is 0 Å². The van der Waals surface area contributed by atoms with Gasteiger partial charge < -0.3 is 5.11 Å². The van der Waals surface area contributed by atoms with E-state index in [2.05, 4.69) is 0 Å². The van der Waals surface area contributed by atoms with Gasteiger partial charge in [-0.25, -0.2) is 0 Å². The molecular weight excluding hydrogens is 420 g/mol. The molecular formula is C25H28N4O4. The first kappa shape index (κ1) is 25.4. The van der Waals surface area contributed by atoms with E-state index in [1.54, 1.807) is 13.8 Å². The minimum Gasteiger partial charge on any atom is -0.494 e. The van der Waals surface area contributed by atoms with Gasteiger partial charge in [0.1, 0.15) is 23.3 Å². The van der Waals surface area contributed by atoms with Gasteiger partial charge in [0.25, 0.3) is 17.4 Å². The Bertz CT molecular complexity index is 1200. The molecule has 8 nitrogen and oxygen atoms in total. The molecule has 2 rings (SSSR count). The fourth-order valence-corrected chi connectivity index (χ4v) is 3.61. The minimum atomic E-state index is -0.593. The summed E-state index contributed by atoms with van der Waals surface area (Å²) in [5, 5.41) is 29.6. The van der Waals surface area contributed by atoms with Crippen molar-refractivity contribution in [1.82, 2.24) is 9.47 Å². The summed E-state index contributed by atoms with van der Waals surface area (Å²) in [4.78, 5) is 39.1. The van der Waals surface area contributed by atoms with E-state index in [4.69, 9.17) is 0 Å². The predicted molar refractivity (Wildman–Crippen MR) is 124 cm³/mol. The molecule has 0 bridgehead atoms.